The van der Waals surface area contributed by atoms with Gasteiger partial charge in [-0.05, 0) is 50.5 Å². The summed E-state index contributed by atoms with van der Waals surface area (Å²) < 4.78 is 44.4. The molecule has 1 aromatic heterocycles. The topological polar surface area (TPSA) is 93.7 Å². The van der Waals surface area contributed by atoms with Crippen LogP contribution >= 0.6 is 0 Å². The van der Waals surface area contributed by atoms with Gasteiger partial charge in [0.2, 0.25) is 5.95 Å². The number of carbonyl (C=O) groups excluding carboxylic acids is 1. The van der Waals surface area contributed by atoms with Crippen molar-refractivity contribution in [3.05, 3.63) is 65.9 Å². The number of anilines is 4. The third-order valence-electron chi connectivity index (χ3n) is 5.79. The number of amides is 1. The first kappa shape index (κ1) is 25.6. The van der Waals surface area contributed by atoms with E-state index in [1.807, 2.05) is 19.0 Å². The third kappa shape index (κ3) is 5.20. The summed E-state index contributed by atoms with van der Waals surface area (Å²) >= 11 is 0. The first-order chi connectivity index (χ1) is 17.2. The number of rotatable bonds is 8. The number of aromatic nitrogens is 2. The van der Waals surface area contributed by atoms with Gasteiger partial charge < -0.3 is 20.0 Å². The number of benzene rings is 2. The van der Waals surface area contributed by atoms with Crippen LogP contribution in [0.15, 0.2) is 53.6 Å². The van der Waals surface area contributed by atoms with Gasteiger partial charge in [-0.1, -0.05) is 6.07 Å². The minimum absolute atomic E-state index is 0.231. The Balaban J connectivity index is 1.55. The molecule has 2 N–H and O–H groups in total. The maximum atomic E-state index is 14.5. The molecule has 2 unspecified atom stereocenters. The highest BCUT2D eigenvalue weighted by Crippen LogP contribution is 2.40. The molecule has 1 aliphatic heterocycles. The molecule has 0 radical (unpaired) electrons. The van der Waals surface area contributed by atoms with Gasteiger partial charge in [0.15, 0.2) is 5.82 Å². The van der Waals surface area contributed by atoms with Crippen LogP contribution in [0.5, 0.6) is 0 Å². The Bertz CT molecular complexity index is 1270. The average Bonchev–Trinajstić information content (AvgIpc) is 2.84. The van der Waals surface area contributed by atoms with Crippen molar-refractivity contribution in [2.45, 2.75) is 10.9 Å². The fraction of sp³-hybridized carbons (Fsp3) is 0.292. The zero-order valence-corrected chi connectivity index (χ0v) is 21.1. The van der Waals surface area contributed by atoms with Crippen molar-refractivity contribution in [3.8, 4) is 0 Å². The Morgan fingerprint density at radius 3 is 2.39 bits per heavy atom. The van der Waals surface area contributed by atoms with Gasteiger partial charge in [-0.2, -0.15) is 4.98 Å². The summed E-state index contributed by atoms with van der Waals surface area (Å²) in [5, 5.41) is 3.08. The van der Waals surface area contributed by atoms with E-state index < -0.39 is 34.6 Å². The molecule has 12 heteroatoms. The van der Waals surface area contributed by atoms with Crippen LogP contribution in [0.3, 0.4) is 0 Å². The molecule has 1 aliphatic rings. The SMILES string of the molecule is CN(C)CCNS(=O)c1ccc(Nc2ncc3c(n2)N(C)C(c2c(F)cccc2F)C(=O)N3C)cc1. The molecular formula is C24H27F2N7O2S. The first-order valence-electron chi connectivity index (χ1n) is 11.2. The van der Waals surface area contributed by atoms with Crippen molar-refractivity contribution in [3.63, 3.8) is 0 Å². The summed E-state index contributed by atoms with van der Waals surface area (Å²) in [5.41, 5.74) is 0.734. The lowest BCUT2D eigenvalue weighted by Crippen LogP contribution is -2.46. The Morgan fingerprint density at radius 1 is 1.08 bits per heavy atom. The van der Waals surface area contributed by atoms with Gasteiger partial charge in [0, 0.05) is 32.9 Å². The van der Waals surface area contributed by atoms with Gasteiger partial charge in [-0.3, -0.25) is 4.79 Å². The van der Waals surface area contributed by atoms with E-state index in [0.717, 1.165) is 18.7 Å². The number of fused-ring (bicyclic) bond motifs is 1. The van der Waals surface area contributed by atoms with Crippen molar-refractivity contribution in [2.24, 2.45) is 0 Å². The second-order valence-corrected chi connectivity index (χ2v) is 9.86. The van der Waals surface area contributed by atoms with E-state index in [4.69, 9.17) is 0 Å². The fourth-order valence-corrected chi connectivity index (χ4v) is 4.66. The van der Waals surface area contributed by atoms with Gasteiger partial charge in [0.1, 0.15) is 34.3 Å². The molecule has 2 atom stereocenters. The molecule has 190 valence electrons. The minimum atomic E-state index is -1.34. The predicted octanol–water partition coefficient (Wildman–Crippen LogP) is 2.83. The second kappa shape index (κ2) is 10.6. The Kier molecular flexibility index (Phi) is 7.57. The van der Waals surface area contributed by atoms with Crippen molar-refractivity contribution in [1.29, 1.82) is 0 Å². The Hall–Kier alpha value is -3.48. The highest BCUT2D eigenvalue weighted by molar-refractivity contribution is 7.83. The molecule has 0 saturated carbocycles. The molecule has 0 saturated heterocycles. The monoisotopic (exact) mass is 515 g/mol. The quantitative estimate of drug-likeness (QED) is 0.477. The molecule has 0 bridgehead atoms. The van der Waals surface area contributed by atoms with Crippen molar-refractivity contribution >= 4 is 40.0 Å². The van der Waals surface area contributed by atoms with Crippen LogP contribution in [-0.4, -0.2) is 66.3 Å². The third-order valence-corrected chi connectivity index (χ3v) is 6.95. The second-order valence-electron chi connectivity index (χ2n) is 8.56. The first-order valence-corrected chi connectivity index (χ1v) is 12.3. The molecule has 4 rings (SSSR count). The van der Waals surface area contributed by atoms with E-state index >= 15 is 0 Å². The van der Waals surface area contributed by atoms with Crippen LogP contribution in [0.1, 0.15) is 11.6 Å². The maximum absolute atomic E-state index is 14.5. The van der Waals surface area contributed by atoms with E-state index in [9.17, 15) is 17.8 Å². The molecule has 1 amide bonds. The predicted molar refractivity (Wildman–Crippen MR) is 136 cm³/mol. The van der Waals surface area contributed by atoms with E-state index in [0.29, 0.717) is 28.6 Å². The van der Waals surface area contributed by atoms with Gasteiger partial charge in [0.05, 0.1) is 16.7 Å². The van der Waals surface area contributed by atoms with Crippen molar-refractivity contribution in [2.75, 3.05) is 56.4 Å². The zero-order chi connectivity index (χ0) is 26.0. The fourth-order valence-electron chi connectivity index (χ4n) is 3.84. The molecule has 0 fully saturated rings. The lowest BCUT2D eigenvalue weighted by Gasteiger charge is -2.38. The van der Waals surface area contributed by atoms with E-state index in [-0.39, 0.29) is 11.5 Å². The van der Waals surface area contributed by atoms with E-state index in [2.05, 4.69) is 20.0 Å². The van der Waals surface area contributed by atoms with Crippen LogP contribution in [-0.2, 0) is 15.8 Å². The van der Waals surface area contributed by atoms with E-state index in [1.165, 1.54) is 29.1 Å². The lowest BCUT2D eigenvalue weighted by atomic mass is 10.0. The zero-order valence-electron chi connectivity index (χ0n) is 20.3. The van der Waals surface area contributed by atoms with Crippen molar-refractivity contribution in [1.82, 2.24) is 19.6 Å². The smallest absolute Gasteiger partial charge is 0.254 e. The molecular weight excluding hydrogens is 488 g/mol. The highest BCUT2D eigenvalue weighted by atomic mass is 32.2. The molecule has 2 aromatic carbocycles. The summed E-state index contributed by atoms with van der Waals surface area (Å²) in [6.45, 7) is 1.35. The summed E-state index contributed by atoms with van der Waals surface area (Å²) in [6, 6.07) is 9.24. The van der Waals surface area contributed by atoms with Crippen molar-refractivity contribution < 1.29 is 17.8 Å². The van der Waals surface area contributed by atoms with Gasteiger partial charge in [-0.25, -0.2) is 22.7 Å². The summed E-state index contributed by atoms with van der Waals surface area (Å²) in [5.74, 6) is -1.54. The molecule has 36 heavy (non-hydrogen) atoms. The summed E-state index contributed by atoms with van der Waals surface area (Å²) in [6.07, 6.45) is 1.48. The number of nitrogens with zero attached hydrogens (tertiary/aromatic N) is 5. The minimum Gasteiger partial charge on any atom is -0.342 e. The van der Waals surface area contributed by atoms with Gasteiger partial charge >= 0.3 is 0 Å². The standard InChI is InChI=1S/C24H27F2N7O2S/c1-31(2)13-12-28-36(35)16-10-8-15(9-11-16)29-24-27-14-19-22(30-24)33(4)21(23(34)32(19)3)20-17(25)6-5-7-18(20)26/h5-11,14,21,28H,12-13H2,1-4H3,(H,27,29,30). The van der Waals surface area contributed by atoms with E-state index in [1.54, 1.807) is 31.3 Å². The van der Waals surface area contributed by atoms with Crippen LogP contribution in [0.25, 0.3) is 0 Å². The number of hydrogen-bond donors (Lipinski definition) is 2. The average molecular weight is 516 g/mol. The molecule has 0 spiro atoms. The number of carbonyl (C=O) groups is 1. The normalized spacial score (nSPS) is 16.3. The van der Waals surface area contributed by atoms with Gasteiger partial charge in [0.25, 0.3) is 5.91 Å². The lowest BCUT2D eigenvalue weighted by molar-refractivity contribution is -0.120. The molecule has 0 aliphatic carbocycles. The largest absolute Gasteiger partial charge is 0.342 e. The maximum Gasteiger partial charge on any atom is 0.254 e. The molecule has 9 nitrogen and oxygen atoms in total. The summed E-state index contributed by atoms with van der Waals surface area (Å²) in [7, 11) is 5.63. The molecule has 3 aromatic rings. The number of hydrogen-bond acceptors (Lipinski definition) is 7. The van der Waals surface area contributed by atoms with Gasteiger partial charge in [-0.15, -0.1) is 0 Å². The Morgan fingerprint density at radius 2 is 1.75 bits per heavy atom. The number of halogens is 2. The van der Waals surface area contributed by atoms with Crippen LogP contribution in [0.2, 0.25) is 0 Å². The van der Waals surface area contributed by atoms with Crippen LogP contribution < -0.4 is 19.8 Å². The van der Waals surface area contributed by atoms with Crippen LogP contribution in [0, 0.1) is 11.6 Å². The van der Waals surface area contributed by atoms with Crippen LogP contribution in [0.4, 0.5) is 31.9 Å². The highest BCUT2D eigenvalue weighted by Gasteiger charge is 2.40. The number of nitrogens with one attached hydrogen (secondary N) is 2. The molecule has 2 heterocycles. The Labute approximate surface area is 210 Å². The summed E-state index contributed by atoms with van der Waals surface area (Å²) in [4.78, 5) is 27.2. The number of likely N-dealkylation sites (N-methyl/N-ethyl adjacent to an activating group) is 3.